The number of hydrogen-bond donors (Lipinski definition) is 5. The topological polar surface area (TPSA) is 151 Å². The minimum absolute atomic E-state index is 0.216. The number of carbonyl (C=O) groups excluding carboxylic acids is 3. The molecule has 9 nitrogen and oxygen atoms in total. The minimum Gasteiger partial charge on any atom is -0.480 e. The molecule has 4 atom stereocenters. The number of nitrogens with one attached hydrogen (secondary N) is 3. The number of hydrogen-bond acceptors (Lipinski definition) is 6. The number of aliphatic carboxylic acids is 1. The molecule has 0 fully saturated rings. The van der Waals surface area contributed by atoms with Gasteiger partial charge in [-0.1, -0.05) is 20.3 Å². The van der Waals surface area contributed by atoms with Gasteiger partial charge in [0.1, 0.15) is 18.1 Å². The van der Waals surface area contributed by atoms with E-state index in [1.54, 1.807) is 6.92 Å². The number of nitrogens with two attached hydrogens (primary N) is 1. The van der Waals surface area contributed by atoms with Crippen LogP contribution in [0.25, 0.3) is 0 Å². The highest BCUT2D eigenvalue weighted by molar-refractivity contribution is 7.98. The van der Waals surface area contributed by atoms with E-state index in [4.69, 9.17) is 5.73 Å². The Labute approximate surface area is 158 Å². The monoisotopic (exact) mass is 390 g/mol. The predicted molar refractivity (Wildman–Crippen MR) is 101 cm³/mol. The Morgan fingerprint density at radius 2 is 1.69 bits per heavy atom. The van der Waals surface area contributed by atoms with Crippen molar-refractivity contribution < 1.29 is 24.3 Å². The first-order chi connectivity index (χ1) is 12.2. The molecule has 0 saturated carbocycles. The number of rotatable bonds is 12. The van der Waals surface area contributed by atoms with E-state index in [0.29, 0.717) is 12.2 Å². The second kappa shape index (κ2) is 12.5. The smallest absolute Gasteiger partial charge is 0.326 e. The van der Waals surface area contributed by atoms with E-state index in [9.17, 15) is 24.3 Å². The third kappa shape index (κ3) is 8.52. The molecule has 26 heavy (non-hydrogen) atoms. The predicted octanol–water partition coefficient (Wildman–Crippen LogP) is -0.697. The van der Waals surface area contributed by atoms with Crippen LogP contribution >= 0.6 is 11.8 Å². The Morgan fingerprint density at radius 1 is 1.08 bits per heavy atom. The summed E-state index contributed by atoms with van der Waals surface area (Å²) >= 11 is 1.48. The molecule has 0 saturated heterocycles. The van der Waals surface area contributed by atoms with Gasteiger partial charge in [-0.3, -0.25) is 14.4 Å². The first kappa shape index (κ1) is 24.2. The summed E-state index contributed by atoms with van der Waals surface area (Å²) in [4.78, 5) is 47.4. The van der Waals surface area contributed by atoms with Crippen molar-refractivity contribution in [2.75, 3.05) is 18.6 Å². The van der Waals surface area contributed by atoms with E-state index >= 15 is 0 Å². The Balaban J connectivity index is 5.06. The molecule has 0 aromatic carbocycles. The molecule has 0 heterocycles. The fraction of sp³-hybridized carbons (Fsp3) is 0.750. The molecule has 0 bridgehead atoms. The van der Waals surface area contributed by atoms with Gasteiger partial charge in [-0.2, -0.15) is 11.8 Å². The molecule has 0 aromatic heterocycles. The first-order valence-electron chi connectivity index (χ1n) is 8.49. The largest absolute Gasteiger partial charge is 0.480 e. The van der Waals surface area contributed by atoms with E-state index in [1.807, 2.05) is 13.2 Å². The number of thioether (sulfide) groups is 1. The van der Waals surface area contributed by atoms with Crippen LogP contribution in [0.3, 0.4) is 0 Å². The van der Waals surface area contributed by atoms with E-state index in [1.165, 1.54) is 18.7 Å². The third-order valence-corrected chi connectivity index (χ3v) is 4.62. The summed E-state index contributed by atoms with van der Waals surface area (Å²) in [5.74, 6) is -2.33. The van der Waals surface area contributed by atoms with E-state index < -0.39 is 41.8 Å². The summed E-state index contributed by atoms with van der Waals surface area (Å²) in [6, 6.07) is -2.79. The summed E-state index contributed by atoms with van der Waals surface area (Å²) in [5.41, 5.74) is 5.20. The number of carboxylic acids is 1. The van der Waals surface area contributed by atoms with Crippen LogP contribution in [0.2, 0.25) is 0 Å². The van der Waals surface area contributed by atoms with Crippen molar-refractivity contribution >= 4 is 35.5 Å². The van der Waals surface area contributed by atoms with Gasteiger partial charge < -0.3 is 26.8 Å². The van der Waals surface area contributed by atoms with Crippen LogP contribution in [0.4, 0.5) is 0 Å². The lowest BCUT2D eigenvalue weighted by Gasteiger charge is -2.26. The van der Waals surface area contributed by atoms with Gasteiger partial charge in [-0.25, -0.2) is 4.79 Å². The van der Waals surface area contributed by atoms with Gasteiger partial charge in [0.2, 0.25) is 17.7 Å². The average molecular weight is 391 g/mol. The van der Waals surface area contributed by atoms with Crippen molar-refractivity contribution in [3.8, 4) is 0 Å². The summed E-state index contributed by atoms with van der Waals surface area (Å²) in [6.45, 7) is 4.88. The lowest BCUT2D eigenvalue weighted by Crippen LogP contribution is -2.57. The summed E-state index contributed by atoms with van der Waals surface area (Å²) < 4.78 is 0. The highest BCUT2D eigenvalue weighted by Gasteiger charge is 2.30. The summed E-state index contributed by atoms with van der Waals surface area (Å²) in [5, 5.41) is 16.7. The van der Waals surface area contributed by atoms with Crippen LogP contribution in [0.15, 0.2) is 0 Å². The van der Waals surface area contributed by atoms with Crippen LogP contribution < -0.4 is 21.7 Å². The zero-order valence-electron chi connectivity index (χ0n) is 15.7. The van der Waals surface area contributed by atoms with Gasteiger partial charge in [0.05, 0.1) is 6.54 Å². The molecule has 3 amide bonds. The Hall–Kier alpha value is -1.81. The maximum absolute atomic E-state index is 12.6. The lowest BCUT2D eigenvalue weighted by atomic mass is 9.97. The second-order valence-corrected chi connectivity index (χ2v) is 7.03. The normalized spacial score (nSPS) is 15.3. The van der Waals surface area contributed by atoms with Gasteiger partial charge in [0.15, 0.2) is 0 Å². The summed E-state index contributed by atoms with van der Waals surface area (Å²) in [6.07, 6.45) is 2.73. The molecule has 10 heteroatoms. The molecule has 0 aliphatic heterocycles. The van der Waals surface area contributed by atoms with Gasteiger partial charge in [-0.15, -0.1) is 0 Å². The fourth-order valence-corrected chi connectivity index (χ4v) is 2.57. The number of carboxylic acid groups (broad SMARTS) is 1. The average Bonchev–Trinajstić information content (AvgIpc) is 2.61. The molecule has 0 aliphatic rings. The highest BCUT2D eigenvalue weighted by Crippen LogP contribution is 2.10. The molecule has 4 unspecified atom stereocenters. The molecule has 0 rings (SSSR count). The Morgan fingerprint density at radius 3 is 2.15 bits per heavy atom. The van der Waals surface area contributed by atoms with Crippen LogP contribution in [0.5, 0.6) is 0 Å². The van der Waals surface area contributed by atoms with Gasteiger partial charge in [0.25, 0.3) is 0 Å². The second-order valence-electron chi connectivity index (χ2n) is 6.05. The number of amides is 3. The van der Waals surface area contributed by atoms with E-state index in [2.05, 4.69) is 16.0 Å². The van der Waals surface area contributed by atoms with E-state index in [-0.39, 0.29) is 18.9 Å². The maximum Gasteiger partial charge on any atom is 0.326 e. The summed E-state index contributed by atoms with van der Waals surface area (Å²) in [7, 11) is 0. The molecule has 0 aromatic rings. The van der Waals surface area contributed by atoms with Gasteiger partial charge in [-0.05, 0) is 31.3 Å². The molecular weight excluding hydrogens is 360 g/mol. The fourth-order valence-electron chi connectivity index (χ4n) is 2.10. The van der Waals surface area contributed by atoms with Crippen LogP contribution in [0, 0.1) is 5.92 Å². The van der Waals surface area contributed by atoms with Crippen molar-refractivity contribution in [3.05, 3.63) is 0 Å². The van der Waals surface area contributed by atoms with Crippen LogP contribution in [-0.4, -0.2) is 65.5 Å². The molecule has 0 aliphatic carbocycles. The zero-order chi connectivity index (χ0) is 20.3. The minimum atomic E-state index is -1.12. The van der Waals surface area contributed by atoms with Gasteiger partial charge >= 0.3 is 5.97 Å². The van der Waals surface area contributed by atoms with Crippen molar-refractivity contribution in [1.29, 1.82) is 0 Å². The van der Waals surface area contributed by atoms with Crippen LogP contribution in [-0.2, 0) is 19.2 Å². The van der Waals surface area contributed by atoms with Crippen molar-refractivity contribution in [2.45, 2.75) is 51.7 Å². The third-order valence-electron chi connectivity index (χ3n) is 3.97. The zero-order valence-corrected chi connectivity index (χ0v) is 16.5. The van der Waals surface area contributed by atoms with Crippen molar-refractivity contribution in [2.24, 2.45) is 11.7 Å². The maximum atomic E-state index is 12.6. The highest BCUT2D eigenvalue weighted by atomic mass is 32.2. The van der Waals surface area contributed by atoms with Crippen molar-refractivity contribution in [1.82, 2.24) is 16.0 Å². The lowest BCUT2D eigenvalue weighted by molar-refractivity contribution is -0.142. The molecule has 0 radical (unpaired) electrons. The van der Waals surface area contributed by atoms with E-state index in [0.717, 1.165) is 0 Å². The van der Waals surface area contributed by atoms with Crippen molar-refractivity contribution in [3.63, 3.8) is 0 Å². The van der Waals surface area contributed by atoms with Crippen LogP contribution in [0.1, 0.15) is 33.6 Å². The Bertz CT molecular complexity index is 503. The molecular formula is C16H30N4O5S. The number of carbonyl (C=O) groups is 4. The molecule has 150 valence electrons. The molecule has 0 spiro atoms. The molecule has 6 N–H and O–H groups in total. The standard InChI is InChI=1S/C16H30N4O5S/c1-5-9(2)13(20-14(22)10(3)18-12(21)8-17)15(23)19-11(16(24)25)6-7-26-4/h9-11,13H,5-8,17H2,1-4H3,(H,18,21)(H,19,23)(H,20,22)(H,24,25). The SMILES string of the molecule is CCC(C)C(NC(=O)C(C)NC(=O)CN)C(=O)NC(CCSC)C(=O)O. The quantitative estimate of drug-likeness (QED) is 0.296. The van der Waals surface area contributed by atoms with Gasteiger partial charge in [0, 0.05) is 0 Å². The Kier molecular flexibility index (Phi) is 11.7. The first-order valence-corrected chi connectivity index (χ1v) is 9.89.